The van der Waals surface area contributed by atoms with Crippen LogP contribution >= 0.6 is 24.0 Å². The van der Waals surface area contributed by atoms with E-state index in [1.807, 2.05) is 32.0 Å². The zero-order valence-electron chi connectivity index (χ0n) is 17.5. The number of hydrogen-bond donors (Lipinski definition) is 2. The number of nitrogens with one attached hydrogen (secondary N) is 2. The SMILES string of the molecule is CCOc1ccc(CCNC(=NC)NCc2ccc([N+](=O)[O-])cc2)cc1OCC.I. The first-order chi connectivity index (χ1) is 14.1. The van der Waals surface area contributed by atoms with Crippen molar-refractivity contribution >= 4 is 35.6 Å². The molecule has 2 aromatic carbocycles. The molecule has 0 spiro atoms. The average molecular weight is 528 g/mol. The lowest BCUT2D eigenvalue weighted by molar-refractivity contribution is -0.384. The minimum absolute atomic E-state index is 0. The number of hydrogen-bond acceptors (Lipinski definition) is 5. The fourth-order valence-electron chi connectivity index (χ4n) is 2.72. The quantitative estimate of drug-likeness (QED) is 0.160. The molecule has 30 heavy (non-hydrogen) atoms. The molecule has 0 unspecified atom stereocenters. The Morgan fingerprint density at radius 2 is 1.63 bits per heavy atom. The standard InChI is InChI=1S/C21H28N4O4.HI/c1-4-28-19-11-8-16(14-20(19)29-5-2)12-13-23-21(22-3)24-15-17-6-9-18(10-7-17)25(26)27;/h6-11,14H,4-5,12-13,15H2,1-3H3,(H2,22,23,24);1H. The summed E-state index contributed by atoms with van der Waals surface area (Å²) in [5.41, 5.74) is 2.15. The second-order valence-electron chi connectivity index (χ2n) is 6.17. The topological polar surface area (TPSA) is 98.0 Å². The highest BCUT2D eigenvalue weighted by Crippen LogP contribution is 2.28. The van der Waals surface area contributed by atoms with Gasteiger partial charge in [-0.05, 0) is 43.5 Å². The molecular weight excluding hydrogens is 499 g/mol. The summed E-state index contributed by atoms with van der Waals surface area (Å²) in [6.07, 6.45) is 0.796. The third kappa shape index (κ3) is 8.05. The molecule has 0 atom stereocenters. The van der Waals surface area contributed by atoms with Crippen LogP contribution < -0.4 is 20.1 Å². The lowest BCUT2D eigenvalue weighted by atomic mass is 10.1. The summed E-state index contributed by atoms with van der Waals surface area (Å²) in [6, 6.07) is 12.4. The van der Waals surface area contributed by atoms with E-state index in [0.29, 0.717) is 32.3 Å². The van der Waals surface area contributed by atoms with Gasteiger partial charge in [0.15, 0.2) is 17.5 Å². The lowest BCUT2D eigenvalue weighted by Gasteiger charge is -2.14. The molecule has 0 saturated heterocycles. The normalized spacial score (nSPS) is 10.7. The van der Waals surface area contributed by atoms with Crippen LogP contribution in [0.3, 0.4) is 0 Å². The molecule has 2 aromatic rings. The number of non-ortho nitro benzene ring substituents is 1. The Morgan fingerprint density at radius 3 is 2.23 bits per heavy atom. The van der Waals surface area contributed by atoms with E-state index in [-0.39, 0.29) is 29.7 Å². The van der Waals surface area contributed by atoms with Crippen LogP contribution in [0.15, 0.2) is 47.5 Å². The first-order valence-electron chi connectivity index (χ1n) is 9.63. The number of rotatable bonds is 10. The molecule has 164 valence electrons. The maximum Gasteiger partial charge on any atom is 0.269 e. The molecule has 0 aliphatic heterocycles. The van der Waals surface area contributed by atoms with Crippen molar-refractivity contribution in [3.63, 3.8) is 0 Å². The van der Waals surface area contributed by atoms with E-state index in [2.05, 4.69) is 15.6 Å². The van der Waals surface area contributed by atoms with Crippen LogP contribution in [0.4, 0.5) is 5.69 Å². The molecule has 0 aliphatic rings. The molecular formula is C21H29IN4O4. The van der Waals surface area contributed by atoms with E-state index in [1.54, 1.807) is 19.2 Å². The zero-order chi connectivity index (χ0) is 21.1. The smallest absolute Gasteiger partial charge is 0.269 e. The minimum atomic E-state index is -0.407. The van der Waals surface area contributed by atoms with Gasteiger partial charge in [0.1, 0.15) is 0 Å². The molecule has 0 radical (unpaired) electrons. The monoisotopic (exact) mass is 528 g/mol. The second-order valence-corrected chi connectivity index (χ2v) is 6.17. The first kappa shape index (κ1) is 25.5. The molecule has 8 nitrogen and oxygen atoms in total. The van der Waals surface area contributed by atoms with E-state index < -0.39 is 4.92 Å². The minimum Gasteiger partial charge on any atom is -0.490 e. The molecule has 9 heteroatoms. The molecule has 2 rings (SSSR count). The van der Waals surface area contributed by atoms with Crippen LogP contribution in [-0.4, -0.2) is 37.7 Å². The van der Waals surface area contributed by atoms with Gasteiger partial charge in [0, 0.05) is 32.3 Å². The average Bonchev–Trinajstić information content (AvgIpc) is 2.73. The van der Waals surface area contributed by atoms with Crippen LogP contribution in [0.1, 0.15) is 25.0 Å². The maximum absolute atomic E-state index is 10.7. The lowest BCUT2D eigenvalue weighted by Crippen LogP contribution is -2.37. The van der Waals surface area contributed by atoms with Gasteiger partial charge < -0.3 is 20.1 Å². The van der Waals surface area contributed by atoms with Gasteiger partial charge in [0.25, 0.3) is 5.69 Å². The van der Waals surface area contributed by atoms with Crippen molar-refractivity contribution < 1.29 is 14.4 Å². The van der Waals surface area contributed by atoms with Gasteiger partial charge in [-0.25, -0.2) is 0 Å². The summed E-state index contributed by atoms with van der Waals surface area (Å²) in [4.78, 5) is 14.5. The number of benzene rings is 2. The molecule has 0 aliphatic carbocycles. The van der Waals surface area contributed by atoms with Crippen molar-refractivity contribution in [2.75, 3.05) is 26.8 Å². The fraction of sp³-hybridized carbons (Fsp3) is 0.381. The third-order valence-corrected chi connectivity index (χ3v) is 4.14. The Labute approximate surface area is 194 Å². The first-order valence-corrected chi connectivity index (χ1v) is 9.63. The molecule has 0 saturated carbocycles. The summed E-state index contributed by atoms with van der Waals surface area (Å²) in [6.45, 7) is 6.29. The summed E-state index contributed by atoms with van der Waals surface area (Å²) < 4.78 is 11.3. The number of guanidine groups is 1. The van der Waals surface area contributed by atoms with Gasteiger partial charge in [-0.3, -0.25) is 15.1 Å². The van der Waals surface area contributed by atoms with Gasteiger partial charge in [0.05, 0.1) is 18.1 Å². The molecule has 0 amide bonds. The number of aliphatic imine (C=N–C) groups is 1. The Morgan fingerprint density at radius 1 is 1.00 bits per heavy atom. The van der Waals surface area contributed by atoms with Crippen LogP contribution in [0.25, 0.3) is 0 Å². The highest BCUT2D eigenvalue weighted by atomic mass is 127. The molecule has 0 bridgehead atoms. The van der Waals surface area contributed by atoms with Crippen molar-refractivity contribution in [2.45, 2.75) is 26.8 Å². The van der Waals surface area contributed by atoms with Gasteiger partial charge in [0.2, 0.25) is 0 Å². The van der Waals surface area contributed by atoms with Crippen molar-refractivity contribution in [1.29, 1.82) is 0 Å². The van der Waals surface area contributed by atoms with Gasteiger partial charge in [-0.2, -0.15) is 0 Å². The predicted molar refractivity (Wildman–Crippen MR) is 129 cm³/mol. The number of ether oxygens (including phenoxy) is 2. The second kappa shape index (κ2) is 13.6. The molecule has 0 heterocycles. The van der Waals surface area contributed by atoms with E-state index in [1.165, 1.54) is 12.1 Å². The molecule has 2 N–H and O–H groups in total. The van der Waals surface area contributed by atoms with Crippen molar-refractivity contribution in [3.8, 4) is 11.5 Å². The predicted octanol–water partition coefficient (Wildman–Crippen LogP) is 3.92. The van der Waals surface area contributed by atoms with Gasteiger partial charge >= 0.3 is 0 Å². The summed E-state index contributed by atoms with van der Waals surface area (Å²) in [7, 11) is 1.70. The van der Waals surface area contributed by atoms with E-state index >= 15 is 0 Å². The highest BCUT2D eigenvalue weighted by molar-refractivity contribution is 14.0. The summed E-state index contributed by atoms with van der Waals surface area (Å²) in [5, 5.41) is 17.2. The number of nitro benzene ring substituents is 1. The van der Waals surface area contributed by atoms with E-state index in [4.69, 9.17) is 9.47 Å². The number of nitrogens with zero attached hydrogens (tertiary/aromatic N) is 2. The summed E-state index contributed by atoms with van der Waals surface area (Å²) >= 11 is 0. The van der Waals surface area contributed by atoms with E-state index in [0.717, 1.165) is 29.0 Å². The molecule has 0 aromatic heterocycles. The Hall–Kier alpha value is -2.56. The van der Waals surface area contributed by atoms with E-state index in [9.17, 15) is 10.1 Å². The zero-order valence-corrected chi connectivity index (χ0v) is 19.8. The maximum atomic E-state index is 10.7. The Kier molecular flexibility index (Phi) is 11.6. The van der Waals surface area contributed by atoms with Gasteiger partial charge in [-0.15, -0.1) is 24.0 Å². The van der Waals surface area contributed by atoms with Gasteiger partial charge in [-0.1, -0.05) is 18.2 Å². The van der Waals surface area contributed by atoms with Crippen LogP contribution in [0.5, 0.6) is 11.5 Å². The summed E-state index contributed by atoms with van der Waals surface area (Å²) in [5.74, 6) is 2.18. The molecule has 0 fully saturated rings. The van der Waals surface area contributed by atoms with Crippen LogP contribution in [-0.2, 0) is 13.0 Å². The number of nitro groups is 1. The number of halogens is 1. The van der Waals surface area contributed by atoms with Crippen molar-refractivity contribution in [2.24, 2.45) is 4.99 Å². The third-order valence-electron chi connectivity index (χ3n) is 4.14. The Balaban J connectivity index is 0.00000450. The van der Waals surface area contributed by atoms with Crippen LogP contribution in [0.2, 0.25) is 0 Å². The van der Waals surface area contributed by atoms with Crippen molar-refractivity contribution in [1.82, 2.24) is 10.6 Å². The van der Waals surface area contributed by atoms with Crippen LogP contribution in [0, 0.1) is 10.1 Å². The largest absolute Gasteiger partial charge is 0.490 e. The highest BCUT2D eigenvalue weighted by Gasteiger charge is 2.07. The fourth-order valence-corrected chi connectivity index (χ4v) is 2.72. The van der Waals surface area contributed by atoms with Crippen molar-refractivity contribution in [3.05, 3.63) is 63.7 Å². The Bertz CT molecular complexity index is 828.